The molecular formula is C11H13ClN2O. The Bertz CT molecular complexity index is 392. The third-order valence-corrected chi connectivity index (χ3v) is 2.97. The molecule has 3 nitrogen and oxygen atoms in total. The highest BCUT2D eigenvalue weighted by Crippen LogP contribution is 2.22. The van der Waals surface area contributed by atoms with Gasteiger partial charge in [-0.1, -0.05) is 23.7 Å². The fourth-order valence-electron chi connectivity index (χ4n) is 1.65. The number of hydrogen-bond donors (Lipinski definition) is 2. The molecule has 2 rings (SSSR count). The minimum Gasteiger partial charge on any atom is -0.353 e. The number of carbonyl (C=O) groups excluding carboxylic acids is 1. The van der Waals surface area contributed by atoms with Gasteiger partial charge in [0.2, 0.25) is 5.91 Å². The molecule has 1 aromatic carbocycles. The van der Waals surface area contributed by atoms with Gasteiger partial charge in [0.1, 0.15) is 6.04 Å². The molecule has 1 atom stereocenters. The van der Waals surface area contributed by atoms with Crippen molar-refractivity contribution in [1.82, 2.24) is 10.6 Å². The van der Waals surface area contributed by atoms with Crippen LogP contribution in [0.2, 0.25) is 5.02 Å². The van der Waals surface area contributed by atoms with E-state index in [1.807, 2.05) is 25.1 Å². The van der Waals surface area contributed by atoms with Crippen molar-refractivity contribution in [3.8, 4) is 0 Å². The average Bonchev–Trinajstić information content (AvgIpc) is 2.23. The summed E-state index contributed by atoms with van der Waals surface area (Å²) in [6, 6.07) is 5.45. The lowest BCUT2D eigenvalue weighted by atomic mass is 10.0. The Morgan fingerprint density at radius 1 is 1.40 bits per heavy atom. The molecule has 0 bridgehead atoms. The second kappa shape index (κ2) is 4.21. The van der Waals surface area contributed by atoms with E-state index in [0.717, 1.165) is 17.7 Å². The van der Waals surface area contributed by atoms with Crippen LogP contribution < -0.4 is 10.6 Å². The Labute approximate surface area is 93.8 Å². The van der Waals surface area contributed by atoms with Gasteiger partial charge in [-0.2, -0.15) is 0 Å². The largest absolute Gasteiger partial charge is 0.353 e. The number of carbonyl (C=O) groups is 1. The SMILES string of the molecule is Cc1ccc(C2NCCNC2=O)cc1Cl. The van der Waals surface area contributed by atoms with Crippen LogP contribution in [0.4, 0.5) is 0 Å². The van der Waals surface area contributed by atoms with E-state index >= 15 is 0 Å². The van der Waals surface area contributed by atoms with E-state index in [-0.39, 0.29) is 11.9 Å². The maximum atomic E-state index is 11.6. The van der Waals surface area contributed by atoms with Gasteiger partial charge in [0.25, 0.3) is 0 Å². The fraction of sp³-hybridized carbons (Fsp3) is 0.364. The first-order chi connectivity index (χ1) is 7.18. The van der Waals surface area contributed by atoms with Crippen molar-refractivity contribution in [1.29, 1.82) is 0 Å². The highest BCUT2D eigenvalue weighted by atomic mass is 35.5. The monoisotopic (exact) mass is 224 g/mol. The fourth-order valence-corrected chi connectivity index (χ4v) is 1.84. The normalized spacial score (nSPS) is 21.2. The number of aryl methyl sites for hydroxylation is 1. The quantitative estimate of drug-likeness (QED) is 0.758. The lowest BCUT2D eigenvalue weighted by Crippen LogP contribution is -2.47. The number of hydrogen-bond acceptors (Lipinski definition) is 2. The van der Waals surface area contributed by atoms with Gasteiger partial charge in [-0.05, 0) is 24.1 Å². The summed E-state index contributed by atoms with van der Waals surface area (Å²) >= 11 is 6.02. The summed E-state index contributed by atoms with van der Waals surface area (Å²) in [6.45, 7) is 3.43. The number of halogens is 1. The van der Waals surface area contributed by atoms with Gasteiger partial charge >= 0.3 is 0 Å². The molecular weight excluding hydrogens is 212 g/mol. The molecule has 1 heterocycles. The molecule has 1 aromatic rings. The van der Waals surface area contributed by atoms with Gasteiger partial charge in [-0.3, -0.25) is 4.79 Å². The Morgan fingerprint density at radius 3 is 2.87 bits per heavy atom. The minimum absolute atomic E-state index is 0.0150. The lowest BCUT2D eigenvalue weighted by Gasteiger charge is -2.24. The standard InChI is InChI=1S/C11H13ClN2O/c1-7-2-3-8(6-9(7)12)10-11(15)14-5-4-13-10/h2-3,6,10,13H,4-5H2,1H3,(H,14,15). The Balaban J connectivity index is 2.28. The molecule has 1 aliphatic heterocycles. The van der Waals surface area contributed by atoms with E-state index in [1.54, 1.807) is 0 Å². The van der Waals surface area contributed by atoms with Gasteiger partial charge in [0.05, 0.1) is 0 Å². The first kappa shape index (κ1) is 10.5. The summed E-state index contributed by atoms with van der Waals surface area (Å²) in [5.74, 6) is 0.0150. The van der Waals surface area contributed by atoms with E-state index in [0.29, 0.717) is 11.6 Å². The zero-order valence-corrected chi connectivity index (χ0v) is 9.27. The van der Waals surface area contributed by atoms with E-state index in [9.17, 15) is 4.79 Å². The summed E-state index contributed by atoms with van der Waals surface area (Å²) in [7, 11) is 0. The Morgan fingerprint density at radius 2 is 2.20 bits per heavy atom. The first-order valence-corrected chi connectivity index (χ1v) is 5.33. The number of amides is 1. The highest BCUT2D eigenvalue weighted by Gasteiger charge is 2.23. The molecule has 0 aromatic heterocycles. The van der Waals surface area contributed by atoms with Crippen LogP contribution in [0.5, 0.6) is 0 Å². The molecule has 80 valence electrons. The zero-order valence-electron chi connectivity index (χ0n) is 8.51. The van der Waals surface area contributed by atoms with E-state index in [2.05, 4.69) is 10.6 Å². The van der Waals surface area contributed by atoms with Gasteiger partial charge in [0, 0.05) is 18.1 Å². The van der Waals surface area contributed by atoms with Gasteiger partial charge in [-0.15, -0.1) is 0 Å². The summed E-state index contributed by atoms with van der Waals surface area (Å²) in [4.78, 5) is 11.6. The van der Waals surface area contributed by atoms with Crippen LogP contribution in [-0.4, -0.2) is 19.0 Å². The van der Waals surface area contributed by atoms with Crippen molar-refractivity contribution in [2.75, 3.05) is 13.1 Å². The number of piperazine rings is 1. The molecule has 1 aliphatic rings. The first-order valence-electron chi connectivity index (χ1n) is 4.95. The second-order valence-electron chi connectivity index (χ2n) is 3.69. The van der Waals surface area contributed by atoms with E-state index in [4.69, 9.17) is 11.6 Å². The van der Waals surface area contributed by atoms with Crippen molar-refractivity contribution in [3.63, 3.8) is 0 Å². The van der Waals surface area contributed by atoms with Crippen molar-refractivity contribution in [3.05, 3.63) is 34.3 Å². The van der Waals surface area contributed by atoms with Crippen LogP contribution >= 0.6 is 11.6 Å². The molecule has 1 unspecified atom stereocenters. The average molecular weight is 225 g/mol. The summed E-state index contributed by atoms with van der Waals surface area (Å²) in [5, 5.41) is 6.68. The Hall–Kier alpha value is -1.06. The molecule has 0 aliphatic carbocycles. The van der Waals surface area contributed by atoms with Gasteiger partial charge in [0.15, 0.2) is 0 Å². The molecule has 0 spiro atoms. The third-order valence-electron chi connectivity index (χ3n) is 2.56. The topological polar surface area (TPSA) is 41.1 Å². The molecule has 0 saturated carbocycles. The summed E-state index contributed by atoms with van der Waals surface area (Å²) in [5.41, 5.74) is 1.94. The number of nitrogens with one attached hydrogen (secondary N) is 2. The van der Waals surface area contributed by atoms with Crippen LogP contribution in [0, 0.1) is 6.92 Å². The maximum Gasteiger partial charge on any atom is 0.241 e. The van der Waals surface area contributed by atoms with E-state index in [1.165, 1.54) is 0 Å². The van der Waals surface area contributed by atoms with Crippen molar-refractivity contribution >= 4 is 17.5 Å². The minimum atomic E-state index is -0.267. The lowest BCUT2D eigenvalue weighted by molar-refractivity contribution is -0.124. The Kier molecular flexibility index (Phi) is 2.93. The van der Waals surface area contributed by atoms with Crippen LogP contribution in [0.1, 0.15) is 17.2 Å². The molecule has 1 amide bonds. The highest BCUT2D eigenvalue weighted by molar-refractivity contribution is 6.31. The molecule has 0 radical (unpaired) electrons. The van der Waals surface area contributed by atoms with Crippen molar-refractivity contribution in [2.24, 2.45) is 0 Å². The van der Waals surface area contributed by atoms with Crippen LogP contribution in [-0.2, 0) is 4.79 Å². The zero-order chi connectivity index (χ0) is 10.8. The molecule has 1 fully saturated rings. The summed E-state index contributed by atoms with van der Waals surface area (Å²) in [6.07, 6.45) is 0. The smallest absolute Gasteiger partial charge is 0.241 e. The third kappa shape index (κ3) is 2.13. The predicted molar refractivity (Wildman–Crippen MR) is 59.9 cm³/mol. The number of rotatable bonds is 1. The van der Waals surface area contributed by atoms with Gasteiger partial charge in [-0.25, -0.2) is 0 Å². The van der Waals surface area contributed by atoms with E-state index < -0.39 is 0 Å². The van der Waals surface area contributed by atoms with Gasteiger partial charge < -0.3 is 10.6 Å². The molecule has 2 N–H and O–H groups in total. The van der Waals surface area contributed by atoms with Crippen molar-refractivity contribution in [2.45, 2.75) is 13.0 Å². The predicted octanol–water partition coefficient (Wildman–Crippen LogP) is 1.41. The molecule has 1 saturated heterocycles. The second-order valence-corrected chi connectivity index (χ2v) is 4.09. The molecule has 4 heteroatoms. The summed E-state index contributed by atoms with van der Waals surface area (Å²) < 4.78 is 0. The van der Waals surface area contributed by atoms with Crippen molar-refractivity contribution < 1.29 is 4.79 Å². The van der Waals surface area contributed by atoms with Crippen LogP contribution in [0.3, 0.4) is 0 Å². The number of benzene rings is 1. The maximum absolute atomic E-state index is 11.6. The van der Waals surface area contributed by atoms with Crippen LogP contribution in [0.25, 0.3) is 0 Å². The van der Waals surface area contributed by atoms with Crippen LogP contribution in [0.15, 0.2) is 18.2 Å². The molecule has 15 heavy (non-hydrogen) atoms.